The van der Waals surface area contributed by atoms with Gasteiger partial charge in [0.25, 0.3) is 0 Å². The molecule has 1 aromatic rings. The molecule has 0 radical (unpaired) electrons. The van der Waals surface area contributed by atoms with Gasteiger partial charge in [-0.15, -0.1) is 0 Å². The molecule has 0 atom stereocenters. The lowest BCUT2D eigenvalue weighted by Gasteiger charge is -2.04. The fraction of sp³-hybridized carbons (Fsp3) is 0.471. The van der Waals surface area contributed by atoms with E-state index in [1.54, 1.807) is 19.9 Å². The van der Waals surface area contributed by atoms with E-state index in [0.29, 0.717) is 17.2 Å². The van der Waals surface area contributed by atoms with Crippen molar-refractivity contribution in [3.8, 4) is 0 Å². The third-order valence-corrected chi connectivity index (χ3v) is 2.44. The summed E-state index contributed by atoms with van der Waals surface area (Å²) in [6.45, 7) is 13.9. The molecule has 0 aromatic heterocycles. The van der Waals surface area contributed by atoms with Gasteiger partial charge in [-0.05, 0) is 50.1 Å². The van der Waals surface area contributed by atoms with Crippen LogP contribution in [0.5, 0.6) is 0 Å². The summed E-state index contributed by atoms with van der Waals surface area (Å²) in [5.74, 6) is -0.281. The Bertz CT molecular complexity index is 423. The molecule has 0 N–H and O–H groups in total. The van der Waals surface area contributed by atoms with E-state index >= 15 is 0 Å². The van der Waals surface area contributed by atoms with Gasteiger partial charge in [-0.1, -0.05) is 45.4 Å². The minimum atomic E-state index is -0.281. The zero-order valence-corrected chi connectivity index (χ0v) is 14.5. The van der Waals surface area contributed by atoms with Gasteiger partial charge < -0.3 is 4.74 Å². The number of benzene rings is 1. The number of ether oxygens (including phenoxy) is 1. The smallest absolute Gasteiger partial charge is 0.333 e. The summed E-state index contributed by atoms with van der Waals surface area (Å²) in [6, 6.07) is 5.56. The summed E-state index contributed by atoms with van der Waals surface area (Å²) in [5, 5.41) is 0.698. The van der Waals surface area contributed by atoms with Crippen molar-refractivity contribution in [2.45, 2.75) is 48.5 Å². The van der Waals surface area contributed by atoms with Gasteiger partial charge in [0.05, 0.1) is 6.61 Å². The van der Waals surface area contributed by atoms with Crippen molar-refractivity contribution in [3.05, 3.63) is 39.9 Å². The Labute approximate surface area is 128 Å². The summed E-state index contributed by atoms with van der Waals surface area (Å²) in [7, 11) is 0. The average Bonchev–Trinajstić information content (AvgIpc) is 2.46. The molecule has 114 valence electrons. The molecule has 20 heavy (non-hydrogen) atoms. The lowest BCUT2D eigenvalue weighted by Crippen LogP contribution is -2.04. The molecule has 0 aliphatic rings. The standard InChI is InChI=1S/C13H15ClO2.2C2H6/c1-4-16-13(15)10(3)7-11-5-6-12(14)8-9(11)2;2*1-2/h5-8H,4H2,1-3H3;2*1-2H3/b10-7+;;. The molecule has 0 spiro atoms. The van der Waals surface area contributed by atoms with Crippen LogP contribution >= 0.6 is 11.6 Å². The van der Waals surface area contributed by atoms with Crippen LogP contribution in [0.2, 0.25) is 5.02 Å². The summed E-state index contributed by atoms with van der Waals surface area (Å²) in [6.07, 6.45) is 1.81. The molecule has 0 aliphatic carbocycles. The highest BCUT2D eigenvalue weighted by molar-refractivity contribution is 6.30. The second-order valence-electron chi connectivity index (χ2n) is 3.55. The highest BCUT2D eigenvalue weighted by Gasteiger charge is 2.05. The molecule has 0 saturated heterocycles. The third-order valence-electron chi connectivity index (χ3n) is 2.20. The van der Waals surface area contributed by atoms with Crippen molar-refractivity contribution in [1.82, 2.24) is 0 Å². The predicted molar refractivity (Wildman–Crippen MR) is 89.2 cm³/mol. The Morgan fingerprint density at radius 3 is 2.25 bits per heavy atom. The topological polar surface area (TPSA) is 26.3 Å². The number of hydrogen-bond donors (Lipinski definition) is 0. The van der Waals surface area contributed by atoms with Crippen LogP contribution in [0.1, 0.15) is 52.7 Å². The predicted octanol–water partition coefficient (Wildman–Crippen LogP) is 5.67. The maximum absolute atomic E-state index is 11.4. The molecule has 0 fully saturated rings. The zero-order valence-electron chi connectivity index (χ0n) is 13.7. The molecule has 2 nitrogen and oxygen atoms in total. The van der Waals surface area contributed by atoms with Crippen molar-refractivity contribution >= 4 is 23.6 Å². The Kier molecular flexibility index (Phi) is 13.4. The van der Waals surface area contributed by atoms with Gasteiger partial charge in [-0.25, -0.2) is 4.79 Å². The number of esters is 1. The highest BCUT2D eigenvalue weighted by Crippen LogP contribution is 2.18. The first-order chi connectivity index (χ1) is 9.54. The quantitative estimate of drug-likeness (QED) is 0.531. The number of rotatable bonds is 3. The molecule has 0 heterocycles. The first-order valence-electron chi connectivity index (χ1n) is 7.16. The Morgan fingerprint density at radius 1 is 1.25 bits per heavy atom. The first kappa shape index (κ1) is 21.0. The van der Waals surface area contributed by atoms with Crippen LogP contribution in [-0.2, 0) is 9.53 Å². The normalized spacial score (nSPS) is 9.70. The molecule has 0 bridgehead atoms. The minimum Gasteiger partial charge on any atom is -0.463 e. The van der Waals surface area contributed by atoms with E-state index in [-0.39, 0.29) is 5.97 Å². The number of halogens is 1. The summed E-state index contributed by atoms with van der Waals surface area (Å²) in [4.78, 5) is 11.4. The van der Waals surface area contributed by atoms with Crippen molar-refractivity contribution in [2.24, 2.45) is 0 Å². The van der Waals surface area contributed by atoms with Crippen LogP contribution in [0.4, 0.5) is 0 Å². The second kappa shape index (κ2) is 12.7. The third kappa shape index (κ3) is 8.00. The SMILES string of the molecule is CC.CC.CCOC(=O)/C(C)=C/c1ccc(Cl)cc1C. The van der Waals surface area contributed by atoms with Crippen LogP contribution in [0.25, 0.3) is 6.08 Å². The van der Waals surface area contributed by atoms with E-state index in [9.17, 15) is 4.79 Å². The first-order valence-corrected chi connectivity index (χ1v) is 7.54. The van der Waals surface area contributed by atoms with Gasteiger partial charge in [0.15, 0.2) is 0 Å². The number of carbonyl (C=O) groups excluding carboxylic acids is 1. The van der Waals surface area contributed by atoms with Crippen molar-refractivity contribution in [2.75, 3.05) is 6.61 Å². The van der Waals surface area contributed by atoms with Crippen LogP contribution in [0, 0.1) is 6.92 Å². The Morgan fingerprint density at radius 2 is 1.80 bits per heavy atom. The average molecular weight is 299 g/mol. The second-order valence-corrected chi connectivity index (χ2v) is 3.99. The van der Waals surface area contributed by atoms with Crippen LogP contribution in [-0.4, -0.2) is 12.6 Å². The fourth-order valence-electron chi connectivity index (χ4n) is 1.34. The Hall–Kier alpha value is -1.28. The molecule has 0 aliphatic heterocycles. The maximum atomic E-state index is 11.4. The van der Waals surface area contributed by atoms with Gasteiger partial charge in [0, 0.05) is 10.6 Å². The monoisotopic (exact) mass is 298 g/mol. The molecular weight excluding hydrogens is 272 g/mol. The van der Waals surface area contributed by atoms with Gasteiger partial charge in [0.1, 0.15) is 0 Å². The van der Waals surface area contributed by atoms with E-state index in [4.69, 9.17) is 16.3 Å². The van der Waals surface area contributed by atoms with Crippen molar-refractivity contribution in [1.29, 1.82) is 0 Å². The summed E-state index contributed by atoms with van der Waals surface area (Å²) >= 11 is 5.85. The lowest BCUT2D eigenvalue weighted by atomic mass is 10.1. The van der Waals surface area contributed by atoms with Crippen molar-refractivity contribution < 1.29 is 9.53 Å². The molecule has 3 heteroatoms. The van der Waals surface area contributed by atoms with E-state index < -0.39 is 0 Å². The molecular formula is C17H27ClO2. The molecule has 0 saturated carbocycles. The van der Waals surface area contributed by atoms with Gasteiger partial charge in [-0.3, -0.25) is 0 Å². The van der Waals surface area contributed by atoms with E-state index in [2.05, 4.69) is 0 Å². The molecule has 0 amide bonds. The lowest BCUT2D eigenvalue weighted by molar-refractivity contribution is -0.138. The molecule has 1 aromatic carbocycles. The van der Waals surface area contributed by atoms with Crippen molar-refractivity contribution in [3.63, 3.8) is 0 Å². The highest BCUT2D eigenvalue weighted by atomic mass is 35.5. The number of aryl methyl sites for hydroxylation is 1. The largest absolute Gasteiger partial charge is 0.463 e. The summed E-state index contributed by atoms with van der Waals surface area (Å²) in [5.41, 5.74) is 2.61. The maximum Gasteiger partial charge on any atom is 0.333 e. The van der Waals surface area contributed by atoms with Gasteiger partial charge in [0.2, 0.25) is 0 Å². The Balaban J connectivity index is 0. The molecule has 0 unspecified atom stereocenters. The van der Waals surface area contributed by atoms with Crippen LogP contribution in [0.3, 0.4) is 0 Å². The minimum absolute atomic E-state index is 0.281. The number of hydrogen-bond acceptors (Lipinski definition) is 2. The van der Waals surface area contributed by atoms with Gasteiger partial charge >= 0.3 is 5.97 Å². The van der Waals surface area contributed by atoms with E-state index in [1.807, 2.05) is 52.8 Å². The zero-order chi connectivity index (χ0) is 16.1. The van der Waals surface area contributed by atoms with Gasteiger partial charge in [-0.2, -0.15) is 0 Å². The van der Waals surface area contributed by atoms with Crippen LogP contribution < -0.4 is 0 Å². The van der Waals surface area contributed by atoms with E-state index in [0.717, 1.165) is 11.1 Å². The van der Waals surface area contributed by atoms with Crippen LogP contribution in [0.15, 0.2) is 23.8 Å². The fourth-order valence-corrected chi connectivity index (χ4v) is 1.56. The summed E-state index contributed by atoms with van der Waals surface area (Å²) < 4.78 is 4.91. The van der Waals surface area contributed by atoms with E-state index in [1.165, 1.54) is 0 Å². The number of carbonyl (C=O) groups is 1. The molecule has 1 rings (SSSR count).